The monoisotopic (exact) mass is 783 g/mol. The van der Waals surface area contributed by atoms with E-state index in [-0.39, 0.29) is 37.0 Å². The molecule has 0 spiro atoms. The summed E-state index contributed by atoms with van der Waals surface area (Å²) in [6, 6.07) is 21.3. The van der Waals surface area contributed by atoms with E-state index in [1.54, 1.807) is 12.0 Å². The summed E-state index contributed by atoms with van der Waals surface area (Å²) in [5.74, 6) is 1.35. The molecule has 4 fully saturated rings. The lowest BCUT2D eigenvalue weighted by Crippen LogP contribution is -2.62. The molecule has 1 aliphatic heterocycles. The molecule has 5 N–H and O–H groups in total. The number of ether oxygens (including phenoxy) is 1. The second-order valence-corrected chi connectivity index (χ2v) is 17.8. The molecule has 2 bridgehead atoms. The Bertz CT molecular complexity index is 1850. The average Bonchev–Trinajstić information content (AvgIpc) is 3.54. The summed E-state index contributed by atoms with van der Waals surface area (Å²) < 4.78 is 6.43. The molecule has 1 saturated heterocycles. The van der Waals surface area contributed by atoms with Crippen molar-refractivity contribution in [2.24, 2.45) is 34.8 Å². The van der Waals surface area contributed by atoms with Crippen LogP contribution in [0.5, 0.6) is 5.75 Å². The molecule has 0 unspecified atom stereocenters. The molecule has 310 valence electrons. The molecule has 57 heavy (non-hydrogen) atoms. The molecule has 11 nitrogen and oxygen atoms in total. The first-order valence-corrected chi connectivity index (χ1v) is 20.8. The Morgan fingerprint density at radius 1 is 1.05 bits per heavy atom. The number of aliphatic hydroxyl groups is 1. The molecular formula is C46H66N6O5. The van der Waals surface area contributed by atoms with Gasteiger partial charge in [-0.2, -0.15) is 5.06 Å². The minimum atomic E-state index is -0.823. The molecule has 0 radical (unpaired) electrons. The topological polar surface area (TPSA) is 133 Å². The van der Waals surface area contributed by atoms with Crippen LogP contribution in [0.15, 0.2) is 66.7 Å². The normalized spacial score (nSPS) is 26.4. The maximum atomic E-state index is 14.4. The number of amides is 2. The number of anilines is 1. The maximum absolute atomic E-state index is 14.4. The first kappa shape index (κ1) is 42.6. The number of aliphatic hydroxyl groups excluding tert-OH is 1. The number of nitrogens with one attached hydrogen (secondary N) is 2. The van der Waals surface area contributed by atoms with Gasteiger partial charge in [-0.3, -0.25) is 14.4 Å². The fraction of sp³-hybridized carbons (Fsp3) is 0.565. The Balaban J connectivity index is 1.30. The van der Waals surface area contributed by atoms with E-state index in [4.69, 9.17) is 15.3 Å². The first-order chi connectivity index (χ1) is 27.1. The van der Waals surface area contributed by atoms with Gasteiger partial charge >= 0.3 is 0 Å². The zero-order valence-electron chi connectivity index (χ0n) is 35.5. The van der Waals surface area contributed by atoms with Crippen molar-refractivity contribution in [2.75, 3.05) is 52.8 Å². The Morgan fingerprint density at radius 3 is 2.40 bits per heavy atom. The van der Waals surface area contributed by atoms with Crippen LogP contribution in [-0.4, -0.2) is 105 Å². The number of carbonyl (C=O) groups excluding carboxylic acids is 2. The van der Waals surface area contributed by atoms with Crippen molar-refractivity contribution in [3.05, 3.63) is 83.4 Å². The Morgan fingerprint density at radius 2 is 1.79 bits per heavy atom. The van der Waals surface area contributed by atoms with Crippen LogP contribution in [-0.2, 0) is 22.6 Å². The van der Waals surface area contributed by atoms with E-state index >= 15 is 0 Å². The predicted octanol–water partition coefficient (Wildman–Crippen LogP) is 5.35. The van der Waals surface area contributed by atoms with Gasteiger partial charge in [-0.05, 0) is 99.7 Å². The van der Waals surface area contributed by atoms with Crippen molar-refractivity contribution < 1.29 is 24.3 Å². The summed E-state index contributed by atoms with van der Waals surface area (Å²) in [5, 5.41) is 19.5. The fourth-order valence-corrected chi connectivity index (χ4v) is 9.87. The maximum Gasteiger partial charge on any atom is 0.251 e. The van der Waals surface area contributed by atoms with Crippen LogP contribution >= 0.6 is 0 Å². The molecule has 2 amide bonds. The van der Waals surface area contributed by atoms with Crippen LogP contribution in [0, 0.1) is 29.1 Å². The van der Waals surface area contributed by atoms with E-state index in [0.717, 1.165) is 34.4 Å². The van der Waals surface area contributed by atoms with Gasteiger partial charge in [0.05, 0.1) is 25.4 Å². The number of hydrogen-bond acceptors (Lipinski definition) is 9. The summed E-state index contributed by atoms with van der Waals surface area (Å²) in [6.07, 6.45) is 1.52. The molecule has 3 saturated carbocycles. The number of hydroxylamine groups is 2. The summed E-state index contributed by atoms with van der Waals surface area (Å²) in [7, 11) is 7.95. The molecule has 9 atom stereocenters. The molecule has 3 aromatic rings. The minimum Gasteiger partial charge on any atom is -0.493 e. The third kappa shape index (κ3) is 9.18. The molecular weight excluding hydrogens is 717 g/mol. The highest BCUT2D eigenvalue weighted by Gasteiger charge is 2.57. The van der Waals surface area contributed by atoms with Gasteiger partial charge in [0.15, 0.2) is 0 Å². The standard InChI is InChI=1S/C46H66N6O5/c1-10-56-43-31(26-52-42(41(29(3)53)40(25-47)57-52)45(55)49-39-24-34-23-38(28(39)2)46(34,4)5)17-14-18-37(43)32-20-33(22-36(21-32)51(8)9)44(54)48-35(27-50(6)7)19-30-15-12-11-13-16-30/h11-18,20-22,28-29,34-35,38-42,53H,10,19,23-27,47H2,1-9H3,(H,48,54)(H,49,55)/t28-,29-,34-,35-,38+,39-,40-,41+,42-/m0/s1. The van der Waals surface area contributed by atoms with Gasteiger partial charge in [0.25, 0.3) is 5.91 Å². The largest absolute Gasteiger partial charge is 0.493 e. The molecule has 4 aliphatic rings. The molecule has 3 aromatic carbocycles. The van der Waals surface area contributed by atoms with E-state index in [1.807, 2.05) is 88.5 Å². The van der Waals surface area contributed by atoms with Gasteiger partial charge in [0.1, 0.15) is 11.8 Å². The van der Waals surface area contributed by atoms with Crippen LogP contribution in [0.2, 0.25) is 0 Å². The summed E-state index contributed by atoms with van der Waals surface area (Å²) in [5.41, 5.74) is 11.6. The van der Waals surface area contributed by atoms with Crippen LogP contribution in [0.1, 0.15) is 68.9 Å². The number of likely N-dealkylation sites (N-methyl/N-ethyl adjacent to an activating group) is 1. The summed E-state index contributed by atoms with van der Waals surface area (Å²) in [4.78, 5) is 39.0. The molecule has 1 heterocycles. The molecule has 7 rings (SSSR count). The third-order valence-corrected chi connectivity index (χ3v) is 13.1. The van der Waals surface area contributed by atoms with Crippen LogP contribution < -0.4 is 26.0 Å². The first-order valence-electron chi connectivity index (χ1n) is 20.8. The van der Waals surface area contributed by atoms with Crippen molar-refractivity contribution in [1.29, 1.82) is 0 Å². The summed E-state index contributed by atoms with van der Waals surface area (Å²) >= 11 is 0. The second-order valence-electron chi connectivity index (χ2n) is 17.8. The zero-order valence-corrected chi connectivity index (χ0v) is 35.5. The van der Waals surface area contributed by atoms with Crippen LogP contribution in [0.3, 0.4) is 0 Å². The van der Waals surface area contributed by atoms with E-state index in [9.17, 15) is 14.7 Å². The number of nitrogens with zero attached hydrogens (tertiary/aromatic N) is 3. The molecule has 11 heteroatoms. The van der Waals surface area contributed by atoms with Crippen molar-refractivity contribution in [3.63, 3.8) is 0 Å². The quantitative estimate of drug-likeness (QED) is 0.152. The molecule has 3 aliphatic carbocycles. The highest BCUT2D eigenvalue weighted by molar-refractivity contribution is 5.97. The van der Waals surface area contributed by atoms with E-state index in [0.29, 0.717) is 54.1 Å². The summed E-state index contributed by atoms with van der Waals surface area (Å²) in [6.45, 7) is 12.1. The van der Waals surface area contributed by atoms with Gasteiger partial charge < -0.3 is 36.0 Å². The number of rotatable bonds is 16. The number of nitrogens with two attached hydrogens (primary N) is 1. The van der Waals surface area contributed by atoms with Crippen LogP contribution in [0.25, 0.3) is 11.1 Å². The smallest absolute Gasteiger partial charge is 0.251 e. The number of carbonyl (C=O) groups is 2. The number of hydrogen-bond donors (Lipinski definition) is 4. The zero-order chi connectivity index (χ0) is 41.2. The van der Waals surface area contributed by atoms with Gasteiger partial charge in [-0.25, -0.2) is 0 Å². The lowest BCUT2D eigenvalue weighted by molar-refractivity contribution is -0.176. The van der Waals surface area contributed by atoms with Gasteiger partial charge in [-0.15, -0.1) is 0 Å². The third-order valence-electron chi connectivity index (χ3n) is 13.1. The second kappa shape index (κ2) is 17.9. The van der Waals surface area contributed by atoms with Crippen molar-refractivity contribution in [1.82, 2.24) is 20.6 Å². The lowest BCUT2D eigenvalue weighted by Gasteiger charge is -2.62. The van der Waals surface area contributed by atoms with Crippen molar-refractivity contribution in [3.8, 4) is 16.9 Å². The van der Waals surface area contributed by atoms with Gasteiger partial charge in [0.2, 0.25) is 5.91 Å². The number of benzene rings is 3. The average molecular weight is 783 g/mol. The van der Waals surface area contributed by atoms with Crippen molar-refractivity contribution >= 4 is 17.5 Å². The SMILES string of the molecule is CCOc1c(CN2O[C@@H](CN)[C@@H]([C@H](C)O)[C@H]2C(=O)N[C@H]2C[C@@H]3C[C@H]([C@@H]2C)C3(C)C)cccc1-c1cc(C(=O)N[C@@H](Cc2ccccc2)CN(C)C)cc(N(C)C)c1. The lowest BCUT2D eigenvalue weighted by atomic mass is 9.45. The van der Waals surface area contributed by atoms with Crippen LogP contribution in [0.4, 0.5) is 5.69 Å². The van der Waals surface area contributed by atoms with E-state index < -0.39 is 24.2 Å². The Labute approximate surface area is 340 Å². The van der Waals surface area contributed by atoms with Gasteiger partial charge in [-0.1, -0.05) is 69.3 Å². The Hall–Kier alpha value is -4.00. The highest BCUT2D eigenvalue weighted by atomic mass is 16.7. The highest BCUT2D eigenvalue weighted by Crippen LogP contribution is 2.61. The number of para-hydroxylation sites is 1. The fourth-order valence-electron chi connectivity index (χ4n) is 9.87. The van der Waals surface area contributed by atoms with E-state index in [1.165, 1.54) is 6.42 Å². The predicted molar refractivity (Wildman–Crippen MR) is 227 cm³/mol. The van der Waals surface area contributed by atoms with Crippen molar-refractivity contribution in [2.45, 2.75) is 90.8 Å². The van der Waals surface area contributed by atoms with E-state index in [2.05, 4.69) is 54.5 Å². The van der Waals surface area contributed by atoms with Gasteiger partial charge in [0, 0.05) is 67.6 Å². The molecule has 0 aromatic heterocycles. The minimum absolute atomic E-state index is 0.0666. The number of fused-ring (bicyclic) bond motifs is 2. The Kier molecular flexibility index (Phi) is 13.4.